The molecule has 0 aromatic carbocycles. The standard InChI is InChI=1S/C25H44N2/c1-5-6-7-8-9-10-13-18-23-19-14-11-12-16-22-17-15-20-27-24(22)25(23,3)21(2)26-4/h15,17,20-21,23,26H,5-14,16,18-19H2,1-4H3. The Morgan fingerprint density at radius 3 is 2.59 bits per heavy atom. The van der Waals surface area contributed by atoms with Crippen molar-refractivity contribution in [2.45, 2.75) is 116 Å². The van der Waals surface area contributed by atoms with Gasteiger partial charge in [0.25, 0.3) is 0 Å². The first kappa shape index (κ1) is 22.4. The zero-order chi connectivity index (χ0) is 19.5. The predicted octanol–water partition coefficient (Wildman–Crippen LogP) is 6.82. The molecule has 1 aliphatic carbocycles. The molecule has 1 heterocycles. The number of nitrogens with one attached hydrogen (secondary N) is 1. The van der Waals surface area contributed by atoms with Crippen LogP contribution in [0.15, 0.2) is 18.3 Å². The molecule has 0 aliphatic heterocycles. The average molecular weight is 373 g/mol. The number of hydrogen-bond donors (Lipinski definition) is 1. The molecular formula is C25H44N2. The monoisotopic (exact) mass is 372 g/mol. The van der Waals surface area contributed by atoms with E-state index in [9.17, 15) is 0 Å². The molecule has 2 heteroatoms. The number of fused-ring (bicyclic) bond motifs is 1. The van der Waals surface area contributed by atoms with Crippen molar-refractivity contribution in [1.82, 2.24) is 10.3 Å². The van der Waals surface area contributed by atoms with Crippen LogP contribution in [0.2, 0.25) is 0 Å². The Labute approximate surface area is 168 Å². The van der Waals surface area contributed by atoms with Gasteiger partial charge in [0.1, 0.15) is 0 Å². The van der Waals surface area contributed by atoms with Crippen molar-refractivity contribution in [3.8, 4) is 0 Å². The minimum Gasteiger partial charge on any atom is -0.316 e. The van der Waals surface area contributed by atoms with E-state index < -0.39 is 0 Å². The first-order valence-corrected chi connectivity index (χ1v) is 11.8. The summed E-state index contributed by atoms with van der Waals surface area (Å²) in [5.74, 6) is 0.724. The lowest BCUT2D eigenvalue weighted by atomic mass is 9.65. The van der Waals surface area contributed by atoms with Gasteiger partial charge in [-0.05, 0) is 57.2 Å². The summed E-state index contributed by atoms with van der Waals surface area (Å²) in [5, 5.41) is 3.60. The maximum Gasteiger partial charge on any atom is 0.0512 e. The molecular weight excluding hydrogens is 328 g/mol. The van der Waals surface area contributed by atoms with Crippen molar-refractivity contribution in [2.75, 3.05) is 7.05 Å². The summed E-state index contributed by atoms with van der Waals surface area (Å²) in [5.41, 5.74) is 2.99. The number of hydrogen-bond acceptors (Lipinski definition) is 2. The molecule has 0 saturated heterocycles. The van der Waals surface area contributed by atoms with Crippen molar-refractivity contribution in [1.29, 1.82) is 0 Å². The van der Waals surface area contributed by atoms with Crippen LogP contribution in [0.3, 0.4) is 0 Å². The maximum absolute atomic E-state index is 4.97. The van der Waals surface area contributed by atoms with Crippen LogP contribution < -0.4 is 5.32 Å². The normalized spacial score (nSPS) is 24.5. The number of nitrogens with zero attached hydrogens (tertiary/aromatic N) is 1. The van der Waals surface area contributed by atoms with Crippen LogP contribution in [0, 0.1) is 5.92 Å². The summed E-state index contributed by atoms with van der Waals surface area (Å²) < 4.78 is 0. The highest BCUT2D eigenvalue weighted by molar-refractivity contribution is 5.30. The highest BCUT2D eigenvalue weighted by Crippen LogP contribution is 2.43. The van der Waals surface area contributed by atoms with Gasteiger partial charge in [-0.1, -0.05) is 77.7 Å². The number of aromatic nitrogens is 1. The lowest BCUT2D eigenvalue weighted by Crippen LogP contribution is -2.49. The van der Waals surface area contributed by atoms with Crippen molar-refractivity contribution in [2.24, 2.45) is 5.92 Å². The summed E-state index contributed by atoms with van der Waals surface area (Å²) >= 11 is 0. The van der Waals surface area contributed by atoms with E-state index in [2.05, 4.69) is 45.3 Å². The lowest BCUT2D eigenvalue weighted by Gasteiger charge is -2.43. The lowest BCUT2D eigenvalue weighted by molar-refractivity contribution is 0.191. The maximum atomic E-state index is 4.97. The Morgan fingerprint density at radius 2 is 1.85 bits per heavy atom. The molecule has 27 heavy (non-hydrogen) atoms. The molecule has 3 atom stereocenters. The molecule has 3 unspecified atom stereocenters. The number of unbranched alkanes of at least 4 members (excludes halogenated alkanes) is 6. The second-order valence-electron chi connectivity index (χ2n) is 9.01. The van der Waals surface area contributed by atoms with E-state index in [1.807, 2.05) is 6.20 Å². The number of likely N-dealkylation sites (N-methyl/N-ethyl adjacent to an activating group) is 1. The van der Waals surface area contributed by atoms with E-state index in [1.165, 1.54) is 94.7 Å². The van der Waals surface area contributed by atoms with Gasteiger partial charge in [0.05, 0.1) is 5.69 Å². The van der Waals surface area contributed by atoms with E-state index in [0.29, 0.717) is 6.04 Å². The minimum absolute atomic E-state index is 0.123. The van der Waals surface area contributed by atoms with E-state index in [-0.39, 0.29) is 5.41 Å². The molecule has 0 radical (unpaired) electrons. The van der Waals surface area contributed by atoms with E-state index in [4.69, 9.17) is 4.98 Å². The summed E-state index contributed by atoms with van der Waals surface area (Å²) in [7, 11) is 2.12. The Kier molecular flexibility index (Phi) is 9.82. The molecule has 1 aromatic heterocycles. The Morgan fingerprint density at radius 1 is 1.11 bits per heavy atom. The molecule has 1 aliphatic rings. The minimum atomic E-state index is 0.123. The van der Waals surface area contributed by atoms with Crippen LogP contribution in [-0.4, -0.2) is 18.1 Å². The summed E-state index contributed by atoms with van der Waals surface area (Å²) in [6.07, 6.45) is 19.8. The largest absolute Gasteiger partial charge is 0.316 e. The van der Waals surface area contributed by atoms with Crippen LogP contribution in [0.5, 0.6) is 0 Å². The Balaban J connectivity index is 2.12. The Hall–Kier alpha value is -0.890. The molecule has 154 valence electrons. The van der Waals surface area contributed by atoms with Crippen LogP contribution in [-0.2, 0) is 11.8 Å². The molecule has 1 aromatic rings. The quantitative estimate of drug-likeness (QED) is 0.456. The van der Waals surface area contributed by atoms with E-state index in [1.54, 1.807) is 0 Å². The van der Waals surface area contributed by atoms with Gasteiger partial charge in [0.2, 0.25) is 0 Å². The second kappa shape index (κ2) is 11.8. The highest BCUT2D eigenvalue weighted by atomic mass is 14.9. The third-order valence-corrected chi connectivity index (χ3v) is 7.24. The smallest absolute Gasteiger partial charge is 0.0512 e. The van der Waals surface area contributed by atoms with Gasteiger partial charge in [-0.15, -0.1) is 0 Å². The van der Waals surface area contributed by atoms with Gasteiger partial charge in [-0.2, -0.15) is 0 Å². The third kappa shape index (κ3) is 6.04. The summed E-state index contributed by atoms with van der Waals surface area (Å²) in [6.45, 7) is 7.16. The average Bonchev–Trinajstić information content (AvgIpc) is 2.76. The van der Waals surface area contributed by atoms with Gasteiger partial charge in [-0.3, -0.25) is 4.98 Å². The third-order valence-electron chi connectivity index (χ3n) is 7.24. The SMILES string of the molecule is CCCCCCCCCC1CCCCCc2cccnc2C1(C)C(C)NC. The van der Waals surface area contributed by atoms with Crippen molar-refractivity contribution < 1.29 is 0 Å². The van der Waals surface area contributed by atoms with Crippen LogP contribution in [0.4, 0.5) is 0 Å². The topological polar surface area (TPSA) is 24.9 Å². The first-order chi connectivity index (χ1) is 13.1. The van der Waals surface area contributed by atoms with Gasteiger partial charge < -0.3 is 5.32 Å². The fraction of sp³-hybridized carbons (Fsp3) is 0.800. The van der Waals surface area contributed by atoms with Gasteiger partial charge in [-0.25, -0.2) is 0 Å². The molecule has 1 N–H and O–H groups in total. The second-order valence-corrected chi connectivity index (χ2v) is 9.01. The fourth-order valence-electron chi connectivity index (χ4n) is 5.15. The van der Waals surface area contributed by atoms with Gasteiger partial charge >= 0.3 is 0 Å². The number of aryl methyl sites for hydroxylation is 1. The Bertz CT molecular complexity index is 527. The molecule has 2 nitrogen and oxygen atoms in total. The van der Waals surface area contributed by atoms with Gasteiger partial charge in [0.15, 0.2) is 0 Å². The van der Waals surface area contributed by atoms with E-state index in [0.717, 1.165) is 5.92 Å². The number of pyridine rings is 1. The number of rotatable bonds is 10. The van der Waals surface area contributed by atoms with Crippen LogP contribution in [0.25, 0.3) is 0 Å². The molecule has 0 bridgehead atoms. The van der Waals surface area contributed by atoms with Crippen molar-refractivity contribution >= 4 is 0 Å². The van der Waals surface area contributed by atoms with Crippen molar-refractivity contribution in [3.05, 3.63) is 29.6 Å². The molecule has 0 fully saturated rings. The summed E-state index contributed by atoms with van der Waals surface area (Å²) in [4.78, 5) is 4.97. The molecule has 0 saturated carbocycles. The molecule has 2 rings (SSSR count). The zero-order valence-corrected chi connectivity index (χ0v) is 18.5. The fourth-order valence-corrected chi connectivity index (χ4v) is 5.15. The zero-order valence-electron chi connectivity index (χ0n) is 18.5. The molecule has 0 amide bonds. The predicted molar refractivity (Wildman–Crippen MR) is 118 cm³/mol. The molecule has 0 spiro atoms. The van der Waals surface area contributed by atoms with Crippen molar-refractivity contribution in [3.63, 3.8) is 0 Å². The van der Waals surface area contributed by atoms with Crippen LogP contribution in [0.1, 0.15) is 109 Å². The summed E-state index contributed by atoms with van der Waals surface area (Å²) in [6, 6.07) is 4.91. The van der Waals surface area contributed by atoms with Gasteiger partial charge in [0, 0.05) is 17.7 Å². The van der Waals surface area contributed by atoms with E-state index >= 15 is 0 Å². The van der Waals surface area contributed by atoms with Crippen LogP contribution >= 0.6 is 0 Å². The first-order valence-electron chi connectivity index (χ1n) is 11.8. The highest BCUT2D eigenvalue weighted by Gasteiger charge is 2.42.